The van der Waals surface area contributed by atoms with Gasteiger partial charge in [0.25, 0.3) is 0 Å². The van der Waals surface area contributed by atoms with Crippen LogP contribution in [-0.4, -0.2) is 37.1 Å². The lowest BCUT2D eigenvalue weighted by Gasteiger charge is -2.08. The summed E-state index contributed by atoms with van der Waals surface area (Å²) in [7, 11) is 4.59. The molecule has 1 rings (SSSR count). The highest BCUT2D eigenvalue weighted by atomic mass is 16.2. The molecular weight excluding hydrogens is 358 g/mol. The molecule has 1 aliphatic carbocycles. The van der Waals surface area contributed by atoms with Crippen molar-refractivity contribution in [3.63, 3.8) is 0 Å². The number of carbonyl (C=O) groups excluding carboxylic acids is 1. The van der Waals surface area contributed by atoms with Crippen molar-refractivity contribution in [1.29, 1.82) is 0 Å². The molecule has 0 aromatic rings. The van der Waals surface area contributed by atoms with Crippen molar-refractivity contribution in [2.24, 2.45) is 17.8 Å². The highest BCUT2D eigenvalue weighted by Crippen LogP contribution is 2.31. The maximum Gasteiger partial charge on any atom is 0.222 e. The molecule has 29 heavy (non-hydrogen) atoms. The van der Waals surface area contributed by atoms with E-state index in [0.29, 0.717) is 12.3 Å². The molecular formula is C26H47NO2. The van der Waals surface area contributed by atoms with E-state index in [-0.39, 0.29) is 5.91 Å². The largest absolute Gasteiger partial charge is 0.400 e. The van der Waals surface area contributed by atoms with Gasteiger partial charge in [0, 0.05) is 34.0 Å². The first-order chi connectivity index (χ1) is 13.8. The van der Waals surface area contributed by atoms with Gasteiger partial charge in [-0.3, -0.25) is 4.79 Å². The molecule has 0 saturated heterocycles. The number of aliphatic hydroxyl groups is 1. The van der Waals surface area contributed by atoms with E-state index in [4.69, 9.17) is 5.11 Å². The molecule has 0 aliphatic heterocycles. The molecule has 1 fully saturated rings. The van der Waals surface area contributed by atoms with Crippen LogP contribution in [0.3, 0.4) is 0 Å². The van der Waals surface area contributed by atoms with E-state index in [1.165, 1.54) is 31.3 Å². The highest BCUT2D eigenvalue weighted by Gasteiger charge is 2.18. The number of nitrogens with zero attached hydrogens (tertiary/aromatic N) is 1. The summed E-state index contributed by atoms with van der Waals surface area (Å²) in [5.74, 6) is 8.86. The number of hydrogen-bond donors (Lipinski definition) is 1. The minimum absolute atomic E-state index is 0.220. The van der Waals surface area contributed by atoms with E-state index in [1.54, 1.807) is 19.0 Å². The summed E-state index contributed by atoms with van der Waals surface area (Å²) in [6.45, 7) is 10.7. The highest BCUT2D eigenvalue weighted by molar-refractivity contribution is 5.75. The van der Waals surface area contributed by atoms with Crippen molar-refractivity contribution in [3.8, 4) is 11.8 Å². The van der Waals surface area contributed by atoms with Crippen LogP contribution in [0, 0.1) is 29.6 Å². The average Bonchev–Trinajstić information content (AvgIpc) is 3.10. The van der Waals surface area contributed by atoms with Gasteiger partial charge in [-0.2, -0.15) is 0 Å². The third-order valence-electron chi connectivity index (χ3n) is 4.96. The van der Waals surface area contributed by atoms with Crippen LogP contribution in [0.5, 0.6) is 0 Å². The summed E-state index contributed by atoms with van der Waals surface area (Å²) in [6, 6.07) is 0. The Kier molecular flexibility index (Phi) is 20.2. The zero-order valence-corrected chi connectivity index (χ0v) is 20.4. The molecule has 0 aromatic heterocycles. The van der Waals surface area contributed by atoms with Crippen molar-refractivity contribution >= 4 is 5.91 Å². The smallest absolute Gasteiger partial charge is 0.222 e. The molecule has 1 saturated carbocycles. The molecule has 0 spiro atoms. The first-order valence-corrected chi connectivity index (χ1v) is 11.1. The van der Waals surface area contributed by atoms with Gasteiger partial charge in [0.15, 0.2) is 0 Å². The predicted octanol–water partition coefficient (Wildman–Crippen LogP) is 6.24. The van der Waals surface area contributed by atoms with Crippen LogP contribution < -0.4 is 0 Å². The molecule has 0 aromatic carbocycles. The molecule has 0 bridgehead atoms. The number of rotatable bonds is 8. The fourth-order valence-corrected chi connectivity index (χ4v) is 3.16. The Morgan fingerprint density at radius 3 is 2.38 bits per heavy atom. The topological polar surface area (TPSA) is 40.5 Å². The first-order valence-electron chi connectivity index (χ1n) is 11.1. The minimum atomic E-state index is 0.220. The van der Waals surface area contributed by atoms with Gasteiger partial charge in [-0.15, -0.1) is 11.8 Å². The van der Waals surface area contributed by atoms with Crippen molar-refractivity contribution in [1.82, 2.24) is 4.90 Å². The number of hydrogen-bond acceptors (Lipinski definition) is 2. The van der Waals surface area contributed by atoms with E-state index < -0.39 is 0 Å². The van der Waals surface area contributed by atoms with Gasteiger partial charge in [0.2, 0.25) is 5.91 Å². The van der Waals surface area contributed by atoms with Crippen molar-refractivity contribution in [2.75, 3.05) is 21.2 Å². The van der Waals surface area contributed by atoms with Gasteiger partial charge in [0.1, 0.15) is 0 Å². The van der Waals surface area contributed by atoms with Crippen LogP contribution >= 0.6 is 0 Å². The van der Waals surface area contributed by atoms with Crippen molar-refractivity contribution < 1.29 is 9.90 Å². The summed E-state index contributed by atoms with van der Waals surface area (Å²) in [5.41, 5.74) is 1.33. The quantitative estimate of drug-likeness (QED) is 0.295. The summed E-state index contributed by atoms with van der Waals surface area (Å²) < 4.78 is 0. The molecule has 1 amide bonds. The number of allylic oxidation sites excluding steroid dienone is 4. The average molecular weight is 406 g/mol. The van der Waals surface area contributed by atoms with E-state index >= 15 is 0 Å². The van der Waals surface area contributed by atoms with Crippen molar-refractivity contribution in [3.05, 3.63) is 23.8 Å². The Balaban J connectivity index is 0. The molecule has 3 nitrogen and oxygen atoms in total. The van der Waals surface area contributed by atoms with Crippen LogP contribution in [0.1, 0.15) is 86.0 Å². The van der Waals surface area contributed by atoms with Crippen LogP contribution in [0.4, 0.5) is 0 Å². The number of aliphatic hydroxyl groups excluding tert-OH is 1. The second-order valence-electron chi connectivity index (χ2n) is 8.54. The first kappa shape index (κ1) is 29.7. The second kappa shape index (κ2) is 19.8. The maximum absolute atomic E-state index is 11.1. The van der Waals surface area contributed by atoms with Gasteiger partial charge in [-0.05, 0) is 70.6 Å². The molecule has 3 heteroatoms. The molecule has 1 aliphatic rings. The molecule has 0 heterocycles. The van der Waals surface area contributed by atoms with Gasteiger partial charge in [-0.1, -0.05) is 44.1 Å². The number of carbonyl (C=O) groups is 1. The lowest BCUT2D eigenvalue weighted by Crippen LogP contribution is -2.20. The standard InChI is InChI=1S/C15H24.C10H19NO.CH4O/c1-4-5-7-13(2)8-6-9-15-11-10-14(3)12-15;1-9(2)7-5-6-8-10(12)11(3)4;1-2/h6,9,13-15H,7-8,10-12H2,1-3H3;7H,5-6,8H2,1-4H3;2H,1H3/b9-6+;;/t13?,14?,15-;;/m0../s1. The van der Waals surface area contributed by atoms with Crippen LogP contribution in [0.15, 0.2) is 23.8 Å². The normalized spacial score (nSPS) is 18.4. The van der Waals surface area contributed by atoms with Gasteiger partial charge < -0.3 is 10.0 Å². The molecule has 168 valence electrons. The Morgan fingerprint density at radius 2 is 1.90 bits per heavy atom. The van der Waals surface area contributed by atoms with E-state index in [1.807, 2.05) is 6.92 Å². The number of amides is 1. The molecule has 2 unspecified atom stereocenters. The number of unbranched alkanes of at least 4 members (excludes halogenated alkanes) is 1. The monoisotopic (exact) mass is 405 g/mol. The zero-order valence-electron chi connectivity index (χ0n) is 20.4. The fraction of sp³-hybridized carbons (Fsp3) is 0.731. The van der Waals surface area contributed by atoms with E-state index in [0.717, 1.165) is 38.2 Å². The Bertz CT molecular complexity index is 519. The molecule has 1 N–H and O–H groups in total. The van der Waals surface area contributed by atoms with Crippen LogP contribution in [0.2, 0.25) is 0 Å². The minimum Gasteiger partial charge on any atom is -0.400 e. The summed E-state index contributed by atoms with van der Waals surface area (Å²) in [5, 5.41) is 7.00. The SMILES string of the molecule is CC#CCC(C)C/C=C/[C@H]1CCC(C)C1.CC(C)=CCCCC(=O)N(C)C.CO. The third kappa shape index (κ3) is 19.6. The summed E-state index contributed by atoms with van der Waals surface area (Å²) in [6.07, 6.45) is 16.1. The predicted molar refractivity (Wildman–Crippen MR) is 128 cm³/mol. The lowest BCUT2D eigenvalue weighted by molar-refractivity contribution is -0.128. The van der Waals surface area contributed by atoms with E-state index in [9.17, 15) is 4.79 Å². The Labute approximate surface area is 181 Å². The maximum atomic E-state index is 11.1. The molecule has 3 atom stereocenters. The fourth-order valence-electron chi connectivity index (χ4n) is 3.16. The van der Waals surface area contributed by atoms with Gasteiger partial charge in [-0.25, -0.2) is 0 Å². The second-order valence-corrected chi connectivity index (χ2v) is 8.54. The Morgan fingerprint density at radius 1 is 1.24 bits per heavy atom. The van der Waals surface area contributed by atoms with Gasteiger partial charge >= 0.3 is 0 Å². The Hall–Kier alpha value is -1.53. The van der Waals surface area contributed by atoms with Crippen LogP contribution in [-0.2, 0) is 4.79 Å². The third-order valence-corrected chi connectivity index (χ3v) is 4.96. The van der Waals surface area contributed by atoms with Crippen molar-refractivity contribution in [2.45, 2.75) is 86.0 Å². The summed E-state index contributed by atoms with van der Waals surface area (Å²) in [4.78, 5) is 12.7. The van der Waals surface area contributed by atoms with Crippen LogP contribution in [0.25, 0.3) is 0 Å². The molecule has 0 radical (unpaired) electrons. The summed E-state index contributed by atoms with van der Waals surface area (Å²) >= 11 is 0. The zero-order chi connectivity index (χ0) is 22.7. The van der Waals surface area contributed by atoms with Gasteiger partial charge in [0.05, 0.1) is 0 Å². The van der Waals surface area contributed by atoms with E-state index in [2.05, 4.69) is 57.8 Å². The lowest BCUT2D eigenvalue weighted by atomic mass is 10.0.